The van der Waals surface area contributed by atoms with Crippen molar-refractivity contribution in [3.63, 3.8) is 0 Å². The van der Waals surface area contributed by atoms with E-state index in [1.165, 1.54) is 0 Å². The Morgan fingerprint density at radius 3 is 2.68 bits per heavy atom. The van der Waals surface area contributed by atoms with Crippen LogP contribution in [0.5, 0.6) is 5.75 Å². The normalized spacial score (nSPS) is 10.8. The van der Waals surface area contributed by atoms with E-state index in [1.54, 1.807) is 11.6 Å². The molecule has 1 aromatic heterocycles. The van der Waals surface area contributed by atoms with E-state index in [-0.39, 0.29) is 5.78 Å². The first kappa shape index (κ1) is 14.3. The van der Waals surface area contributed by atoms with Crippen molar-refractivity contribution in [3.8, 4) is 5.75 Å². The maximum Gasteiger partial charge on any atom is 0.135 e. The van der Waals surface area contributed by atoms with Gasteiger partial charge >= 0.3 is 0 Å². The first-order valence-corrected chi connectivity index (χ1v) is 7.25. The lowest BCUT2D eigenvalue weighted by Crippen LogP contribution is -1.98. The number of hydrogen-bond donors (Lipinski definition) is 0. The fourth-order valence-electron chi connectivity index (χ4n) is 2.51. The van der Waals surface area contributed by atoms with Gasteiger partial charge in [-0.2, -0.15) is 5.10 Å². The summed E-state index contributed by atoms with van der Waals surface area (Å²) in [5, 5.41) is 5.40. The molecule has 2 aromatic carbocycles. The Balaban J connectivity index is 1.86. The fourth-order valence-corrected chi connectivity index (χ4v) is 2.51. The highest BCUT2D eigenvalue weighted by molar-refractivity contribution is 5.88. The molecule has 22 heavy (non-hydrogen) atoms. The third kappa shape index (κ3) is 3.01. The van der Waals surface area contributed by atoms with Crippen molar-refractivity contribution in [1.82, 2.24) is 9.78 Å². The van der Waals surface area contributed by atoms with Gasteiger partial charge in [-0.15, -0.1) is 0 Å². The minimum atomic E-state index is 0.107. The summed E-state index contributed by atoms with van der Waals surface area (Å²) in [6.07, 6.45) is 0.347. The van der Waals surface area contributed by atoms with Crippen molar-refractivity contribution in [2.45, 2.75) is 20.0 Å². The van der Waals surface area contributed by atoms with Crippen LogP contribution in [0.25, 0.3) is 10.9 Å². The van der Waals surface area contributed by atoms with Gasteiger partial charge in [-0.1, -0.05) is 30.3 Å². The highest BCUT2D eigenvalue weighted by Crippen LogP contribution is 2.24. The van der Waals surface area contributed by atoms with E-state index in [0.717, 1.165) is 27.9 Å². The zero-order valence-electron chi connectivity index (χ0n) is 12.7. The molecule has 4 nitrogen and oxygen atoms in total. The maximum atomic E-state index is 11.4. The average molecular weight is 294 g/mol. The van der Waals surface area contributed by atoms with E-state index in [2.05, 4.69) is 5.10 Å². The van der Waals surface area contributed by atoms with Gasteiger partial charge in [-0.3, -0.25) is 9.48 Å². The van der Waals surface area contributed by atoms with Gasteiger partial charge in [0.15, 0.2) is 0 Å². The first-order chi connectivity index (χ1) is 10.6. The van der Waals surface area contributed by atoms with Crippen molar-refractivity contribution in [1.29, 1.82) is 0 Å². The number of fused-ring (bicyclic) bond motifs is 1. The molecule has 0 fully saturated rings. The van der Waals surface area contributed by atoms with E-state index in [4.69, 9.17) is 4.74 Å². The topological polar surface area (TPSA) is 44.1 Å². The van der Waals surface area contributed by atoms with Crippen LogP contribution in [0, 0.1) is 0 Å². The van der Waals surface area contributed by atoms with Crippen molar-refractivity contribution in [3.05, 3.63) is 59.8 Å². The maximum absolute atomic E-state index is 11.4. The van der Waals surface area contributed by atoms with Crippen LogP contribution in [0.1, 0.15) is 18.2 Å². The molecule has 3 aromatic rings. The molecule has 1 heterocycles. The van der Waals surface area contributed by atoms with Crippen molar-refractivity contribution in [2.75, 3.05) is 0 Å². The summed E-state index contributed by atoms with van der Waals surface area (Å²) in [5.74, 6) is 0.893. The van der Waals surface area contributed by atoms with Gasteiger partial charge in [0.05, 0.1) is 17.6 Å². The summed E-state index contributed by atoms with van der Waals surface area (Å²) >= 11 is 0. The molecule has 0 aliphatic carbocycles. The molecule has 4 heteroatoms. The van der Waals surface area contributed by atoms with Crippen LogP contribution in [0.2, 0.25) is 0 Å². The molecule has 3 rings (SSSR count). The zero-order valence-corrected chi connectivity index (χ0v) is 12.7. The van der Waals surface area contributed by atoms with Gasteiger partial charge in [0.1, 0.15) is 18.1 Å². The van der Waals surface area contributed by atoms with E-state index in [0.29, 0.717) is 13.0 Å². The van der Waals surface area contributed by atoms with Crippen molar-refractivity contribution >= 4 is 16.7 Å². The second-order valence-electron chi connectivity index (χ2n) is 5.40. The van der Waals surface area contributed by atoms with Gasteiger partial charge in [0.25, 0.3) is 0 Å². The largest absolute Gasteiger partial charge is 0.489 e. The Kier molecular flexibility index (Phi) is 3.92. The fraction of sp³-hybridized carbons (Fsp3) is 0.222. The van der Waals surface area contributed by atoms with Gasteiger partial charge in [0.2, 0.25) is 0 Å². The first-order valence-electron chi connectivity index (χ1n) is 7.25. The molecule has 0 N–H and O–H groups in total. The molecule has 0 aliphatic rings. The molecular weight excluding hydrogens is 276 g/mol. The lowest BCUT2D eigenvalue weighted by atomic mass is 10.1. The molecule has 0 radical (unpaired) electrons. The van der Waals surface area contributed by atoms with Crippen LogP contribution < -0.4 is 4.74 Å². The van der Waals surface area contributed by atoms with Gasteiger partial charge in [0, 0.05) is 12.4 Å². The molecule has 0 saturated heterocycles. The smallest absolute Gasteiger partial charge is 0.135 e. The number of ketones is 1. The summed E-state index contributed by atoms with van der Waals surface area (Å²) in [5.41, 5.74) is 2.93. The second-order valence-corrected chi connectivity index (χ2v) is 5.40. The number of nitrogens with zero attached hydrogens (tertiary/aromatic N) is 2. The summed E-state index contributed by atoms with van der Waals surface area (Å²) < 4.78 is 7.65. The Hall–Kier alpha value is -2.62. The lowest BCUT2D eigenvalue weighted by molar-refractivity contribution is -0.116. The minimum absolute atomic E-state index is 0.107. The zero-order chi connectivity index (χ0) is 15.5. The van der Waals surface area contributed by atoms with Gasteiger partial charge in [-0.05, 0) is 30.7 Å². The molecule has 112 valence electrons. The molecule has 0 amide bonds. The summed E-state index contributed by atoms with van der Waals surface area (Å²) in [7, 11) is 1.89. The van der Waals surface area contributed by atoms with Crippen molar-refractivity contribution < 1.29 is 9.53 Å². The Morgan fingerprint density at radius 1 is 1.18 bits per heavy atom. The molecule has 0 bridgehead atoms. The predicted octanol–water partition coefficient (Wildman–Crippen LogP) is 3.28. The SMILES string of the molecule is CC(=O)Cc1nn(C)c2ccc(OCc3ccccc3)cc12. The van der Waals surface area contributed by atoms with Crippen molar-refractivity contribution in [2.24, 2.45) is 7.05 Å². The van der Waals surface area contributed by atoms with E-state index in [9.17, 15) is 4.79 Å². The number of carbonyl (C=O) groups excluding carboxylic acids is 1. The Morgan fingerprint density at radius 2 is 1.95 bits per heavy atom. The third-order valence-corrected chi connectivity index (χ3v) is 3.56. The molecule has 0 spiro atoms. The van der Waals surface area contributed by atoms with Crippen LogP contribution in [0.3, 0.4) is 0 Å². The molecule has 0 aliphatic heterocycles. The number of aryl methyl sites for hydroxylation is 1. The van der Waals surface area contributed by atoms with Gasteiger partial charge < -0.3 is 4.74 Å². The Labute approximate surface area is 129 Å². The monoisotopic (exact) mass is 294 g/mol. The number of Topliss-reactive ketones (excluding diaryl/α,β-unsaturated/α-hetero) is 1. The third-order valence-electron chi connectivity index (χ3n) is 3.56. The highest BCUT2D eigenvalue weighted by atomic mass is 16.5. The second kappa shape index (κ2) is 6.02. The molecule has 0 unspecified atom stereocenters. The lowest BCUT2D eigenvalue weighted by Gasteiger charge is -2.06. The van der Waals surface area contributed by atoms with E-state index >= 15 is 0 Å². The minimum Gasteiger partial charge on any atom is -0.489 e. The number of hydrogen-bond acceptors (Lipinski definition) is 3. The van der Waals surface area contributed by atoms with Crippen LogP contribution in [-0.4, -0.2) is 15.6 Å². The number of rotatable bonds is 5. The van der Waals surface area contributed by atoms with Gasteiger partial charge in [-0.25, -0.2) is 0 Å². The summed E-state index contributed by atoms with van der Waals surface area (Å²) in [6, 6.07) is 15.9. The number of aromatic nitrogens is 2. The summed E-state index contributed by atoms with van der Waals surface area (Å²) in [6.45, 7) is 2.10. The molecule has 0 saturated carbocycles. The van der Waals surface area contributed by atoms with Crippen LogP contribution in [0.4, 0.5) is 0 Å². The predicted molar refractivity (Wildman–Crippen MR) is 85.9 cm³/mol. The van der Waals surface area contributed by atoms with Crippen LogP contribution in [-0.2, 0) is 24.9 Å². The van der Waals surface area contributed by atoms with Crippen LogP contribution >= 0.6 is 0 Å². The number of carbonyl (C=O) groups is 1. The standard InChI is InChI=1S/C18H18N2O2/c1-13(21)10-17-16-11-15(8-9-18(16)20(2)19-17)22-12-14-6-4-3-5-7-14/h3-9,11H,10,12H2,1-2H3. The highest BCUT2D eigenvalue weighted by Gasteiger charge is 2.11. The Bertz CT molecular complexity index is 807. The van der Waals surface area contributed by atoms with Crippen LogP contribution in [0.15, 0.2) is 48.5 Å². The molecular formula is C18H18N2O2. The van der Waals surface area contributed by atoms with E-state index < -0.39 is 0 Å². The summed E-state index contributed by atoms with van der Waals surface area (Å²) in [4.78, 5) is 11.4. The average Bonchev–Trinajstić information content (AvgIpc) is 2.81. The number of ether oxygens (including phenoxy) is 1. The quantitative estimate of drug-likeness (QED) is 0.725. The molecule has 0 atom stereocenters. The number of benzene rings is 2. The van der Waals surface area contributed by atoms with E-state index in [1.807, 2.05) is 55.6 Å².